The van der Waals surface area contributed by atoms with Crippen molar-refractivity contribution in [3.05, 3.63) is 52.4 Å². The van der Waals surface area contributed by atoms with E-state index in [9.17, 15) is 14.4 Å². The Balaban J connectivity index is 2.14. The number of allylic oxidation sites excluding steroid dienone is 3. The lowest BCUT2D eigenvalue weighted by Crippen LogP contribution is -2.43. The number of thioether (sulfide) groups is 1. The number of ether oxygens (including phenoxy) is 3. The van der Waals surface area contributed by atoms with Gasteiger partial charge in [0.1, 0.15) is 18.3 Å². The lowest BCUT2D eigenvalue weighted by molar-refractivity contribution is -0.151. The van der Waals surface area contributed by atoms with Gasteiger partial charge in [-0.1, -0.05) is 32.0 Å². The Bertz CT molecular complexity index is 1040. The molecule has 7 nitrogen and oxygen atoms in total. The summed E-state index contributed by atoms with van der Waals surface area (Å²) in [5.74, 6) is -1.07. The third-order valence-corrected chi connectivity index (χ3v) is 7.08. The van der Waals surface area contributed by atoms with E-state index >= 15 is 0 Å². The van der Waals surface area contributed by atoms with E-state index in [4.69, 9.17) is 14.2 Å². The summed E-state index contributed by atoms with van der Waals surface area (Å²) in [6.07, 6.45) is 0.375. The largest absolute Gasteiger partial charge is 0.491 e. The van der Waals surface area contributed by atoms with E-state index in [0.29, 0.717) is 40.3 Å². The van der Waals surface area contributed by atoms with Crippen molar-refractivity contribution >= 4 is 29.5 Å². The van der Waals surface area contributed by atoms with Crippen molar-refractivity contribution in [2.45, 2.75) is 53.1 Å². The Morgan fingerprint density at radius 1 is 1.23 bits per heavy atom. The number of nitrogens with one attached hydrogen (secondary N) is 1. The van der Waals surface area contributed by atoms with Gasteiger partial charge in [-0.3, -0.25) is 9.59 Å². The van der Waals surface area contributed by atoms with Gasteiger partial charge in [-0.25, -0.2) is 4.79 Å². The van der Waals surface area contributed by atoms with E-state index in [0.717, 1.165) is 11.4 Å². The van der Waals surface area contributed by atoms with Crippen molar-refractivity contribution < 1.29 is 28.6 Å². The zero-order chi connectivity index (χ0) is 25.7. The number of hydrogen-bond donors (Lipinski definition) is 1. The Morgan fingerprint density at radius 3 is 2.60 bits per heavy atom. The Kier molecular flexibility index (Phi) is 9.05. The number of methoxy groups -OCH3 is 1. The second-order valence-electron chi connectivity index (χ2n) is 9.07. The number of esters is 2. The van der Waals surface area contributed by atoms with Gasteiger partial charge < -0.3 is 19.5 Å². The minimum absolute atomic E-state index is 0.109. The molecule has 1 aromatic carbocycles. The molecule has 0 unspecified atom stereocenters. The van der Waals surface area contributed by atoms with Gasteiger partial charge in [0, 0.05) is 28.3 Å². The predicted molar refractivity (Wildman–Crippen MR) is 136 cm³/mol. The van der Waals surface area contributed by atoms with Crippen LogP contribution < -0.4 is 10.1 Å². The summed E-state index contributed by atoms with van der Waals surface area (Å²) < 4.78 is 16.7. The number of para-hydroxylation sites is 1. The van der Waals surface area contributed by atoms with Crippen LogP contribution in [-0.2, 0) is 23.9 Å². The monoisotopic (exact) mass is 501 g/mol. The van der Waals surface area contributed by atoms with Crippen molar-refractivity contribution in [1.29, 1.82) is 0 Å². The Labute approximate surface area is 211 Å². The van der Waals surface area contributed by atoms with Crippen LogP contribution in [0.1, 0.15) is 52.5 Å². The highest BCUT2D eigenvalue weighted by atomic mass is 32.2. The Morgan fingerprint density at radius 2 is 1.94 bits per heavy atom. The van der Waals surface area contributed by atoms with Gasteiger partial charge in [0.2, 0.25) is 0 Å². The molecule has 0 fully saturated rings. The summed E-state index contributed by atoms with van der Waals surface area (Å²) >= 11 is 1.69. The van der Waals surface area contributed by atoms with E-state index in [1.165, 1.54) is 7.11 Å². The molecule has 190 valence electrons. The zero-order valence-electron chi connectivity index (χ0n) is 21.3. The Hall–Kier alpha value is -2.74. The fourth-order valence-electron chi connectivity index (χ4n) is 4.76. The molecule has 1 heterocycles. The highest BCUT2D eigenvalue weighted by Crippen LogP contribution is 2.47. The molecule has 8 heteroatoms. The molecule has 35 heavy (non-hydrogen) atoms. The fraction of sp³-hybridized carbons (Fsp3) is 0.519. The minimum atomic E-state index is -0.933. The maximum atomic E-state index is 13.8. The first-order valence-corrected chi connectivity index (χ1v) is 13.2. The number of hydrogen-bond acceptors (Lipinski definition) is 8. The van der Waals surface area contributed by atoms with Gasteiger partial charge in [0.15, 0.2) is 5.78 Å². The molecule has 3 atom stereocenters. The number of rotatable bonds is 9. The number of carbonyl (C=O) groups is 3. The first-order valence-electron chi connectivity index (χ1n) is 12.0. The van der Waals surface area contributed by atoms with Crippen LogP contribution in [0.2, 0.25) is 0 Å². The summed E-state index contributed by atoms with van der Waals surface area (Å²) in [7, 11) is 1.29. The highest BCUT2D eigenvalue weighted by Gasteiger charge is 2.47. The number of dihydropyridines is 1. The molecule has 2 aliphatic rings. The van der Waals surface area contributed by atoms with Crippen LogP contribution in [0.25, 0.3) is 0 Å². The fourth-order valence-corrected chi connectivity index (χ4v) is 5.25. The van der Waals surface area contributed by atoms with Crippen LogP contribution in [0.4, 0.5) is 0 Å². The van der Waals surface area contributed by atoms with Crippen LogP contribution in [0, 0.1) is 11.8 Å². The van der Waals surface area contributed by atoms with Gasteiger partial charge in [0.05, 0.1) is 24.7 Å². The van der Waals surface area contributed by atoms with Crippen molar-refractivity contribution in [3.63, 3.8) is 0 Å². The molecular weight excluding hydrogens is 466 g/mol. The maximum Gasteiger partial charge on any atom is 0.336 e. The van der Waals surface area contributed by atoms with Crippen molar-refractivity contribution in [1.82, 2.24) is 5.32 Å². The molecule has 0 radical (unpaired) electrons. The molecule has 3 rings (SSSR count). The smallest absolute Gasteiger partial charge is 0.336 e. The summed E-state index contributed by atoms with van der Waals surface area (Å²) in [5, 5.41) is 3.29. The van der Waals surface area contributed by atoms with Crippen LogP contribution in [0.15, 0.2) is 46.8 Å². The van der Waals surface area contributed by atoms with Crippen molar-refractivity contribution in [2.75, 3.05) is 25.2 Å². The van der Waals surface area contributed by atoms with Crippen LogP contribution in [0.3, 0.4) is 0 Å². The van der Waals surface area contributed by atoms with Crippen molar-refractivity contribution in [3.8, 4) is 5.75 Å². The normalized spacial score (nSPS) is 22.0. The van der Waals surface area contributed by atoms with Crippen LogP contribution >= 0.6 is 11.8 Å². The first-order chi connectivity index (χ1) is 16.7. The minimum Gasteiger partial charge on any atom is -0.491 e. The average Bonchev–Trinajstić information content (AvgIpc) is 2.80. The SMILES string of the molecule is CCSCCOC(=O)C1=C(C)NC2=C(C(=O)[C@H](C(=O)OC)[C@H](C)C2)[C@@H]1c1ccccc1OC(C)C. The lowest BCUT2D eigenvalue weighted by atomic mass is 9.69. The topological polar surface area (TPSA) is 90.9 Å². The van der Waals surface area contributed by atoms with Crippen LogP contribution in [-0.4, -0.2) is 49.0 Å². The number of ketones is 1. The third-order valence-electron chi connectivity index (χ3n) is 6.22. The molecule has 1 aromatic rings. The van der Waals surface area contributed by atoms with E-state index in [1.54, 1.807) is 11.8 Å². The van der Waals surface area contributed by atoms with E-state index in [1.807, 2.05) is 58.9 Å². The van der Waals surface area contributed by atoms with Crippen LogP contribution in [0.5, 0.6) is 5.75 Å². The van der Waals surface area contributed by atoms with Gasteiger partial charge in [0.25, 0.3) is 0 Å². The number of benzene rings is 1. The molecule has 1 aliphatic carbocycles. The zero-order valence-corrected chi connectivity index (χ0v) is 22.1. The second-order valence-corrected chi connectivity index (χ2v) is 10.5. The summed E-state index contributed by atoms with van der Waals surface area (Å²) in [6.45, 7) is 9.85. The van der Waals surface area contributed by atoms with E-state index in [2.05, 4.69) is 5.32 Å². The maximum absolute atomic E-state index is 13.8. The van der Waals surface area contributed by atoms with Gasteiger partial charge in [-0.2, -0.15) is 11.8 Å². The summed E-state index contributed by atoms with van der Waals surface area (Å²) in [6, 6.07) is 7.41. The molecule has 1 aliphatic heterocycles. The summed E-state index contributed by atoms with van der Waals surface area (Å²) in [4.78, 5) is 39.8. The molecule has 0 bridgehead atoms. The molecule has 0 amide bonds. The van der Waals surface area contributed by atoms with Crippen molar-refractivity contribution in [2.24, 2.45) is 11.8 Å². The van der Waals surface area contributed by atoms with E-state index in [-0.39, 0.29) is 24.4 Å². The summed E-state index contributed by atoms with van der Waals surface area (Å²) in [5.41, 5.74) is 2.81. The number of carbonyl (C=O) groups excluding carboxylic acids is 3. The van der Waals surface area contributed by atoms with E-state index < -0.39 is 23.8 Å². The average molecular weight is 502 g/mol. The molecule has 0 saturated heterocycles. The highest BCUT2D eigenvalue weighted by molar-refractivity contribution is 7.99. The molecular formula is C27H35NO6S. The molecule has 1 N–H and O–H groups in total. The molecule has 0 aromatic heterocycles. The van der Waals surface area contributed by atoms with Gasteiger partial charge >= 0.3 is 11.9 Å². The first kappa shape index (κ1) is 26.9. The number of Topliss-reactive ketones (excluding diaryl/α,β-unsaturated/α-hetero) is 1. The van der Waals surface area contributed by atoms with Gasteiger partial charge in [-0.05, 0) is 44.9 Å². The second kappa shape index (κ2) is 11.8. The predicted octanol–water partition coefficient (Wildman–Crippen LogP) is 4.38. The quantitative estimate of drug-likeness (QED) is 0.303. The standard InChI is InChI=1S/C27H35NO6S/c1-7-35-13-12-33-27(31)22-17(5)28-19-14-16(4)21(26(30)32-6)25(29)24(19)23(22)18-10-8-9-11-20(18)34-15(2)3/h8-11,15-16,21,23,28H,7,12-14H2,1-6H3/t16-,21-,23-/m1/s1. The third kappa shape index (κ3) is 5.74. The molecule has 0 spiro atoms. The van der Waals surface area contributed by atoms with Gasteiger partial charge in [-0.15, -0.1) is 0 Å². The lowest BCUT2D eigenvalue weighted by Gasteiger charge is -2.38. The molecule has 0 saturated carbocycles.